The number of hydrogen-bond donors (Lipinski definition) is 2. The molecule has 0 aromatic heterocycles. The second kappa shape index (κ2) is 10.4. The van der Waals surface area contributed by atoms with E-state index in [0.717, 1.165) is 19.4 Å². The Labute approximate surface area is 181 Å². The van der Waals surface area contributed by atoms with Crippen molar-refractivity contribution in [3.05, 3.63) is 11.6 Å². The molecule has 7 nitrogen and oxygen atoms in total. The molecule has 172 valence electrons. The summed E-state index contributed by atoms with van der Waals surface area (Å²) in [6.07, 6.45) is 3.67. The Bertz CT molecular complexity index is 656. The van der Waals surface area contributed by atoms with E-state index < -0.39 is 17.4 Å². The molecule has 0 aromatic rings. The maximum atomic E-state index is 13.5. The van der Waals surface area contributed by atoms with E-state index >= 15 is 0 Å². The van der Waals surface area contributed by atoms with Crippen molar-refractivity contribution in [1.82, 2.24) is 15.1 Å². The van der Waals surface area contributed by atoms with Crippen molar-refractivity contribution in [3.63, 3.8) is 0 Å². The van der Waals surface area contributed by atoms with Crippen LogP contribution >= 0.6 is 0 Å². The van der Waals surface area contributed by atoms with Gasteiger partial charge < -0.3 is 15.3 Å². The maximum Gasteiger partial charge on any atom is 0.331 e. The third-order valence-electron chi connectivity index (χ3n) is 6.09. The van der Waals surface area contributed by atoms with E-state index in [1.54, 1.807) is 18.0 Å². The fourth-order valence-corrected chi connectivity index (χ4v) is 4.16. The Morgan fingerprint density at radius 2 is 1.80 bits per heavy atom. The van der Waals surface area contributed by atoms with Gasteiger partial charge in [0.1, 0.15) is 6.04 Å². The van der Waals surface area contributed by atoms with Gasteiger partial charge in [-0.3, -0.25) is 14.5 Å². The number of nitrogens with one attached hydrogen (secondary N) is 1. The molecule has 7 heteroatoms. The summed E-state index contributed by atoms with van der Waals surface area (Å²) in [6.45, 7) is 14.2. The monoisotopic (exact) mass is 423 g/mol. The Morgan fingerprint density at radius 3 is 2.23 bits per heavy atom. The van der Waals surface area contributed by atoms with Gasteiger partial charge in [-0.25, -0.2) is 4.79 Å². The zero-order valence-electron chi connectivity index (χ0n) is 20.2. The first-order valence-electron chi connectivity index (χ1n) is 10.9. The molecule has 0 aromatic carbocycles. The highest BCUT2D eigenvalue weighted by Gasteiger charge is 2.40. The Balaban J connectivity index is 3.15. The number of hydrogen-bond acceptors (Lipinski definition) is 4. The molecule has 0 bridgehead atoms. The summed E-state index contributed by atoms with van der Waals surface area (Å²) in [7, 11) is 3.63. The number of carbonyl (C=O) groups excluding carboxylic acids is 2. The molecule has 4 atom stereocenters. The molecule has 2 N–H and O–H groups in total. The number of likely N-dealkylation sites (N-methyl/N-ethyl adjacent to an activating group) is 2. The first-order valence-corrected chi connectivity index (χ1v) is 10.9. The predicted molar refractivity (Wildman–Crippen MR) is 119 cm³/mol. The number of carboxylic acids is 1. The van der Waals surface area contributed by atoms with Crippen molar-refractivity contribution in [3.8, 4) is 0 Å². The summed E-state index contributed by atoms with van der Waals surface area (Å²) in [6, 6.07) is -1.35. The molecule has 1 saturated heterocycles. The van der Waals surface area contributed by atoms with E-state index in [2.05, 4.69) is 17.1 Å². The molecule has 1 fully saturated rings. The minimum absolute atomic E-state index is 0.0223. The molecule has 0 saturated carbocycles. The van der Waals surface area contributed by atoms with Crippen LogP contribution in [0, 0.1) is 17.3 Å². The second-order valence-electron chi connectivity index (χ2n) is 10.2. The van der Waals surface area contributed by atoms with E-state index in [0.29, 0.717) is 0 Å². The second-order valence-corrected chi connectivity index (χ2v) is 10.2. The van der Waals surface area contributed by atoms with Crippen LogP contribution in [0.4, 0.5) is 0 Å². The molecule has 1 rings (SSSR count). The molecule has 1 heterocycles. The van der Waals surface area contributed by atoms with Gasteiger partial charge >= 0.3 is 5.97 Å². The van der Waals surface area contributed by atoms with Gasteiger partial charge in [-0.15, -0.1) is 0 Å². The van der Waals surface area contributed by atoms with Crippen molar-refractivity contribution in [2.75, 3.05) is 20.6 Å². The fraction of sp³-hybridized carbons (Fsp3) is 0.783. The minimum atomic E-state index is -1.00. The average Bonchev–Trinajstić information content (AvgIpc) is 2.61. The van der Waals surface area contributed by atoms with Gasteiger partial charge in [0, 0.05) is 12.6 Å². The number of rotatable bonds is 7. The molecule has 3 unspecified atom stereocenters. The molecule has 2 amide bonds. The van der Waals surface area contributed by atoms with Crippen LogP contribution < -0.4 is 5.32 Å². The van der Waals surface area contributed by atoms with E-state index in [1.165, 1.54) is 6.92 Å². The van der Waals surface area contributed by atoms with Crippen LogP contribution in [0.25, 0.3) is 0 Å². The number of amides is 2. The molecule has 30 heavy (non-hydrogen) atoms. The zero-order chi connectivity index (χ0) is 23.4. The summed E-state index contributed by atoms with van der Waals surface area (Å²) in [5.41, 5.74) is -0.299. The lowest BCUT2D eigenvalue weighted by molar-refractivity contribution is -0.142. The van der Waals surface area contributed by atoms with Crippen LogP contribution in [-0.2, 0) is 14.4 Å². The van der Waals surface area contributed by atoms with Crippen LogP contribution in [0.2, 0.25) is 0 Å². The third kappa shape index (κ3) is 6.56. The lowest BCUT2D eigenvalue weighted by Gasteiger charge is -2.40. The number of likely N-dealkylation sites (tertiary alicyclic amines) is 1. The van der Waals surface area contributed by atoms with Crippen LogP contribution in [0.1, 0.15) is 61.3 Å². The molecule has 0 aliphatic carbocycles. The maximum absolute atomic E-state index is 13.5. The van der Waals surface area contributed by atoms with Gasteiger partial charge in [0.15, 0.2) is 0 Å². The van der Waals surface area contributed by atoms with Crippen LogP contribution in [0.3, 0.4) is 0 Å². The highest BCUT2D eigenvalue weighted by Crippen LogP contribution is 2.26. The lowest BCUT2D eigenvalue weighted by Crippen LogP contribution is -2.60. The molecule has 1 aliphatic rings. The normalized spacial score (nSPS) is 23.1. The van der Waals surface area contributed by atoms with Gasteiger partial charge in [0.05, 0.1) is 12.1 Å². The Kier molecular flexibility index (Phi) is 9.08. The number of aliphatic carboxylic acids is 1. The largest absolute Gasteiger partial charge is 0.478 e. The van der Waals surface area contributed by atoms with Crippen molar-refractivity contribution >= 4 is 17.8 Å². The first kappa shape index (κ1) is 26.1. The summed E-state index contributed by atoms with van der Waals surface area (Å²) in [5, 5.41) is 12.3. The number of carboxylic acid groups (broad SMARTS) is 1. The molecule has 0 spiro atoms. The Hall–Kier alpha value is -1.89. The smallest absolute Gasteiger partial charge is 0.331 e. The quantitative estimate of drug-likeness (QED) is 0.615. The van der Waals surface area contributed by atoms with Crippen LogP contribution in [-0.4, -0.2) is 71.5 Å². The summed E-state index contributed by atoms with van der Waals surface area (Å²) in [4.78, 5) is 41.6. The molecule has 1 aliphatic heterocycles. The molecular weight excluding hydrogens is 382 g/mol. The van der Waals surface area contributed by atoms with E-state index in [4.69, 9.17) is 0 Å². The zero-order valence-corrected chi connectivity index (χ0v) is 20.2. The van der Waals surface area contributed by atoms with E-state index in [1.807, 2.05) is 41.7 Å². The van der Waals surface area contributed by atoms with Gasteiger partial charge in [0.2, 0.25) is 11.8 Å². The standard InChI is InChI=1S/C23H41N3O4/c1-14(2)17(13-16(4)22(29)30)26(9)21(28)19(23(5,6)7)24-20(27)18-15(3)11-10-12-25(18)8/h13-15,17-19H,10-12H2,1-9H3,(H,24,27)(H,29,30)/b16-13+/t15?,17-,18?,19?/m1/s1. The highest BCUT2D eigenvalue weighted by molar-refractivity contribution is 5.91. The highest BCUT2D eigenvalue weighted by atomic mass is 16.4. The van der Waals surface area contributed by atoms with Crippen molar-refractivity contribution in [2.24, 2.45) is 17.3 Å². The predicted octanol–water partition coefficient (Wildman–Crippen LogP) is 2.76. The van der Waals surface area contributed by atoms with E-state index in [9.17, 15) is 19.5 Å². The van der Waals surface area contributed by atoms with Crippen LogP contribution in [0.15, 0.2) is 11.6 Å². The molecular formula is C23H41N3O4. The van der Waals surface area contributed by atoms with Crippen molar-refractivity contribution < 1.29 is 19.5 Å². The van der Waals surface area contributed by atoms with Crippen molar-refractivity contribution in [2.45, 2.75) is 79.4 Å². The summed E-state index contributed by atoms with van der Waals surface area (Å²) >= 11 is 0. The van der Waals surface area contributed by atoms with Gasteiger partial charge in [0.25, 0.3) is 0 Å². The SMILES string of the molecule is C/C(=C\[C@H](C(C)C)N(C)C(=O)C(NC(=O)C1C(C)CCCN1C)C(C)(C)C)C(=O)O. The number of carbonyl (C=O) groups is 3. The minimum Gasteiger partial charge on any atom is -0.478 e. The van der Waals surface area contributed by atoms with Crippen LogP contribution in [0.5, 0.6) is 0 Å². The van der Waals surface area contributed by atoms with Gasteiger partial charge in [-0.1, -0.05) is 47.6 Å². The first-order chi connectivity index (χ1) is 13.7. The number of piperidine rings is 1. The summed E-state index contributed by atoms with van der Waals surface area (Å²) in [5.74, 6) is -1.09. The third-order valence-corrected chi connectivity index (χ3v) is 6.09. The average molecular weight is 424 g/mol. The van der Waals surface area contributed by atoms with Gasteiger partial charge in [-0.2, -0.15) is 0 Å². The van der Waals surface area contributed by atoms with Crippen molar-refractivity contribution in [1.29, 1.82) is 0 Å². The lowest BCUT2D eigenvalue weighted by atomic mass is 9.84. The number of nitrogens with zero attached hydrogens (tertiary/aromatic N) is 2. The fourth-order valence-electron chi connectivity index (χ4n) is 4.16. The summed E-state index contributed by atoms with van der Waals surface area (Å²) < 4.78 is 0. The van der Waals surface area contributed by atoms with E-state index in [-0.39, 0.29) is 41.3 Å². The topological polar surface area (TPSA) is 90.0 Å². The molecule has 0 radical (unpaired) electrons. The van der Waals surface area contributed by atoms with Gasteiger partial charge in [-0.05, 0) is 50.6 Å². The Morgan fingerprint density at radius 1 is 1.23 bits per heavy atom.